The predicted molar refractivity (Wildman–Crippen MR) is 113 cm³/mol. The molecule has 0 fully saturated rings. The Morgan fingerprint density at radius 3 is 2.52 bits per heavy atom. The first-order valence-corrected chi connectivity index (χ1v) is 9.66. The van der Waals surface area contributed by atoms with E-state index in [1.807, 2.05) is 24.3 Å². The molecule has 0 aliphatic heterocycles. The zero-order valence-corrected chi connectivity index (χ0v) is 16.8. The van der Waals surface area contributed by atoms with Gasteiger partial charge < -0.3 is 9.84 Å². The number of phenolic OH excluding ortho intramolecular Hbond substituents is 1. The van der Waals surface area contributed by atoms with Crippen molar-refractivity contribution in [2.75, 3.05) is 0 Å². The number of hydrogen-bond donors (Lipinski definition) is 1. The molecule has 0 saturated carbocycles. The van der Waals surface area contributed by atoms with E-state index in [1.165, 1.54) is 18.5 Å². The molecule has 1 N–H and O–H groups in total. The van der Waals surface area contributed by atoms with E-state index in [2.05, 4.69) is 25.9 Å². The van der Waals surface area contributed by atoms with Crippen molar-refractivity contribution in [3.63, 3.8) is 0 Å². The highest BCUT2D eigenvalue weighted by Gasteiger charge is 2.14. The monoisotopic (exact) mass is 450 g/mol. The Kier molecular flexibility index (Phi) is 5.53. The number of halogens is 2. The van der Waals surface area contributed by atoms with Gasteiger partial charge in [0.1, 0.15) is 30.3 Å². The zero-order valence-electron chi connectivity index (χ0n) is 15.2. The summed E-state index contributed by atoms with van der Waals surface area (Å²) in [6.45, 7) is 0.0725. The van der Waals surface area contributed by atoms with Gasteiger partial charge in [0.2, 0.25) is 0 Å². The fourth-order valence-corrected chi connectivity index (χ4v) is 3.23. The molecule has 1 heterocycles. The lowest BCUT2D eigenvalue weighted by Gasteiger charge is -2.12. The maximum atomic E-state index is 13.7. The largest absolute Gasteiger partial charge is 0.507 e. The number of aromatic nitrogens is 2. The van der Waals surface area contributed by atoms with E-state index in [4.69, 9.17) is 4.74 Å². The van der Waals surface area contributed by atoms with E-state index in [0.29, 0.717) is 22.6 Å². The van der Waals surface area contributed by atoms with Crippen molar-refractivity contribution < 1.29 is 14.2 Å². The van der Waals surface area contributed by atoms with E-state index in [-0.39, 0.29) is 18.2 Å². The van der Waals surface area contributed by atoms with Gasteiger partial charge in [0, 0.05) is 33.4 Å². The lowest BCUT2D eigenvalue weighted by Crippen LogP contribution is -1.98. The third-order valence-electron chi connectivity index (χ3n) is 4.44. The van der Waals surface area contributed by atoms with Crippen molar-refractivity contribution in [3.8, 4) is 33.9 Å². The van der Waals surface area contributed by atoms with Crippen LogP contribution in [0.5, 0.6) is 11.5 Å². The molecule has 0 spiro atoms. The zero-order chi connectivity index (χ0) is 20.2. The third kappa shape index (κ3) is 4.27. The van der Waals surface area contributed by atoms with Gasteiger partial charge in [0.25, 0.3) is 0 Å². The van der Waals surface area contributed by atoms with E-state index >= 15 is 0 Å². The molecule has 0 radical (unpaired) electrons. The first-order valence-electron chi connectivity index (χ1n) is 8.87. The molecular weight excluding hydrogens is 435 g/mol. The first-order chi connectivity index (χ1) is 14.1. The maximum absolute atomic E-state index is 13.7. The highest BCUT2D eigenvalue weighted by atomic mass is 79.9. The normalized spacial score (nSPS) is 10.7. The van der Waals surface area contributed by atoms with Crippen molar-refractivity contribution in [2.45, 2.75) is 6.61 Å². The Bertz CT molecular complexity index is 1150. The van der Waals surface area contributed by atoms with Crippen molar-refractivity contribution >= 4 is 15.9 Å². The van der Waals surface area contributed by atoms with Gasteiger partial charge in [-0.1, -0.05) is 46.3 Å². The topological polar surface area (TPSA) is 55.2 Å². The molecule has 29 heavy (non-hydrogen) atoms. The fourth-order valence-electron chi connectivity index (χ4n) is 2.96. The smallest absolute Gasteiger partial charge is 0.129 e. The molecule has 4 aromatic rings. The highest BCUT2D eigenvalue weighted by molar-refractivity contribution is 9.10. The van der Waals surface area contributed by atoms with E-state index in [0.717, 1.165) is 15.6 Å². The SMILES string of the molecule is Oc1cc(OCc2ccccc2F)ccc1-c1ncncc1-c1ccc(Br)cc1. The summed E-state index contributed by atoms with van der Waals surface area (Å²) in [4.78, 5) is 8.49. The van der Waals surface area contributed by atoms with E-state index < -0.39 is 0 Å². The number of nitrogens with zero attached hydrogens (tertiary/aromatic N) is 2. The van der Waals surface area contributed by atoms with Gasteiger partial charge in [-0.05, 0) is 35.9 Å². The van der Waals surface area contributed by atoms with Gasteiger partial charge in [0.15, 0.2) is 0 Å². The van der Waals surface area contributed by atoms with Crippen LogP contribution in [0.4, 0.5) is 4.39 Å². The summed E-state index contributed by atoms with van der Waals surface area (Å²) in [5, 5.41) is 10.6. The summed E-state index contributed by atoms with van der Waals surface area (Å²) in [5.74, 6) is 0.135. The van der Waals surface area contributed by atoms with Gasteiger partial charge in [-0.3, -0.25) is 0 Å². The van der Waals surface area contributed by atoms with Crippen LogP contribution in [0.2, 0.25) is 0 Å². The molecule has 1 aromatic heterocycles. The van der Waals surface area contributed by atoms with Crippen molar-refractivity contribution in [1.29, 1.82) is 0 Å². The molecule has 4 nitrogen and oxygen atoms in total. The molecule has 0 bridgehead atoms. The minimum atomic E-state index is -0.325. The Hall–Kier alpha value is -3.25. The molecule has 4 rings (SSSR count). The quantitative estimate of drug-likeness (QED) is 0.405. The summed E-state index contributed by atoms with van der Waals surface area (Å²) in [6, 6.07) is 19.2. The Morgan fingerprint density at radius 1 is 0.966 bits per heavy atom. The minimum Gasteiger partial charge on any atom is -0.507 e. The summed E-state index contributed by atoms with van der Waals surface area (Å²) in [5.41, 5.74) is 3.35. The Balaban J connectivity index is 1.62. The van der Waals surface area contributed by atoms with E-state index in [1.54, 1.807) is 36.5 Å². The number of aromatic hydroxyl groups is 1. The van der Waals surface area contributed by atoms with Gasteiger partial charge in [0.05, 0.1) is 5.69 Å². The Morgan fingerprint density at radius 2 is 1.76 bits per heavy atom. The second-order valence-corrected chi connectivity index (χ2v) is 7.27. The second-order valence-electron chi connectivity index (χ2n) is 6.35. The summed E-state index contributed by atoms with van der Waals surface area (Å²) in [7, 11) is 0. The van der Waals surface area contributed by atoms with Crippen molar-refractivity contribution in [2.24, 2.45) is 0 Å². The van der Waals surface area contributed by atoms with Crippen LogP contribution in [0.25, 0.3) is 22.4 Å². The Labute approximate surface area is 175 Å². The average Bonchev–Trinajstić information content (AvgIpc) is 2.74. The van der Waals surface area contributed by atoms with Gasteiger partial charge in [-0.2, -0.15) is 0 Å². The molecule has 0 saturated heterocycles. The number of rotatable bonds is 5. The summed E-state index contributed by atoms with van der Waals surface area (Å²) < 4.78 is 20.3. The van der Waals surface area contributed by atoms with Gasteiger partial charge >= 0.3 is 0 Å². The van der Waals surface area contributed by atoms with Gasteiger partial charge in [-0.25, -0.2) is 14.4 Å². The van der Waals surface area contributed by atoms with Crippen molar-refractivity contribution in [1.82, 2.24) is 9.97 Å². The molecule has 0 aliphatic carbocycles. The van der Waals surface area contributed by atoms with Crippen molar-refractivity contribution in [3.05, 3.63) is 95.1 Å². The number of phenols is 1. The van der Waals surface area contributed by atoms with Crippen LogP contribution in [-0.2, 0) is 6.61 Å². The van der Waals surface area contributed by atoms with Crippen LogP contribution in [0, 0.1) is 5.82 Å². The summed E-state index contributed by atoms with van der Waals surface area (Å²) in [6.07, 6.45) is 3.16. The standard InChI is InChI=1S/C23H16BrFN2O2/c24-17-7-5-15(6-8-17)20-12-26-14-27-23(20)19-10-9-18(11-22(19)28)29-13-16-3-1-2-4-21(16)25/h1-12,14,28H,13H2. The van der Waals surface area contributed by atoms with E-state index in [9.17, 15) is 9.50 Å². The lowest BCUT2D eigenvalue weighted by molar-refractivity contribution is 0.298. The van der Waals surface area contributed by atoms with Crippen LogP contribution in [0.3, 0.4) is 0 Å². The molecule has 3 aromatic carbocycles. The first kappa shape index (κ1) is 19.1. The lowest BCUT2D eigenvalue weighted by atomic mass is 10.0. The maximum Gasteiger partial charge on any atom is 0.129 e. The number of hydrogen-bond acceptors (Lipinski definition) is 4. The fraction of sp³-hybridized carbons (Fsp3) is 0.0435. The van der Waals surface area contributed by atoms with Crippen LogP contribution >= 0.6 is 15.9 Å². The molecule has 0 aliphatic rings. The van der Waals surface area contributed by atoms with Gasteiger partial charge in [-0.15, -0.1) is 0 Å². The molecular formula is C23H16BrFN2O2. The molecule has 0 unspecified atom stereocenters. The average molecular weight is 451 g/mol. The molecule has 6 heteroatoms. The number of benzene rings is 3. The second kappa shape index (κ2) is 8.41. The molecule has 144 valence electrons. The summed E-state index contributed by atoms with van der Waals surface area (Å²) >= 11 is 3.43. The number of ether oxygens (including phenoxy) is 1. The minimum absolute atomic E-state index is 0.0214. The van der Waals surface area contributed by atoms with Crippen LogP contribution in [0.15, 0.2) is 83.7 Å². The van der Waals surface area contributed by atoms with Crippen LogP contribution in [-0.4, -0.2) is 15.1 Å². The molecule has 0 atom stereocenters. The van der Waals surface area contributed by atoms with Crippen LogP contribution < -0.4 is 4.74 Å². The van der Waals surface area contributed by atoms with Crippen LogP contribution in [0.1, 0.15) is 5.56 Å². The predicted octanol–water partition coefficient (Wildman–Crippen LogP) is 6.00. The third-order valence-corrected chi connectivity index (χ3v) is 4.97. The molecule has 0 amide bonds. The highest BCUT2D eigenvalue weighted by Crippen LogP contribution is 2.37.